The first-order valence-electron chi connectivity index (χ1n) is 6.93. The van der Waals surface area contributed by atoms with Crippen molar-refractivity contribution in [3.05, 3.63) is 29.3 Å². The molecule has 18 heavy (non-hydrogen) atoms. The maximum Gasteiger partial charge on any atom is 0.224 e. The highest BCUT2D eigenvalue weighted by molar-refractivity contribution is 5.91. The van der Waals surface area contributed by atoms with Crippen molar-refractivity contribution in [1.82, 2.24) is 5.32 Å². The summed E-state index contributed by atoms with van der Waals surface area (Å²) in [6, 6.07) is 6.29. The van der Waals surface area contributed by atoms with Gasteiger partial charge in [-0.3, -0.25) is 4.79 Å². The fourth-order valence-corrected chi connectivity index (χ4v) is 2.73. The summed E-state index contributed by atoms with van der Waals surface area (Å²) in [6.07, 6.45) is 5.52. The number of carbonyl (C=O) groups is 1. The minimum Gasteiger partial charge on any atom is -0.326 e. The van der Waals surface area contributed by atoms with Crippen LogP contribution in [0.4, 0.5) is 5.69 Å². The van der Waals surface area contributed by atoms with Crippen LogP contribution in [0.5, 0.6) is 0 Å². The Morgan fingerprint density at radius 2 is 2.22 bits per heavy atom. The Hall–Kier alpha value is -1.35. The molecule has 1 aromatic carbocycles. The number of carbonyl (C=O) groups excluding carboxylic acids is 1. The van der Waals surface area contributed by atoms with E-state index in [0.29, 0.717) is 12.3 Å². The van der Waals surface area contributed by atoms with Gasteiger partial charge < -0.3 is 10.6 Å². The van der Waals surface area contributed by atoms with Gasteiger partial charge >= 0.3 is 0 Å². The van der Waals surface area contributed by atoms with E-state index in [1.165, 1.54) is 30.4 Å². The third-order valence-electron chi connectivity index (χ3n) is 4.08. The number of nitrogens with one attached hydrogen (secondary N) is 2. The monoisotopic (exact) mass is 244 g/mol. The molecule has 96 valence electrons. The van der Waals surface area contributed by atoms with Crippen LogP contribution >= 0.6 is 0 Å². The molecule has 1 heterocycles. The Morgan fingerprint density at radius 3 is 3.00 bits per heavy atom. The van der Waals surface area contributed by atoms with Crippen LogP contribution in [0.15, 0.2) is 18.2 Å². The number of benzene rings is 1. The zero-order valence-corrected chi connectivity index (χ0v) is 10.7. The van der Waals surface area contributed by atoms with Gasteiger partial charge in [-0.25, -0.2) is 0 Å². The molecule has 1 fully saturated rings. The Labute approximate surface area is 108 Å². The minimum atomic E-state index is 0.170. The number of amides is 1. The Kier molecular flexibility index (Phi) is 3.33. The van der Waals surface area contributed by atoms with E-state index in [1.54, 1.807) is 0 Å². The smallest absolute Gasteiger partial charge is 0.224 e. The highest BCUT2D eigenvalue weighted by atomic mass is 16.1. The largest absolute Gasteiger partial charge is 0.326 e. The minimum absolute atomic E-state index is 0.170. The van der Waals surface area contributed by atoms with Crippen molar-refractivity contribution < 1.29 is 4.79 Å². The van der Waals surface area contributed by atoms with E-state index >= 15 is 0 Å². The number of anilines is 1. The third kappa shape index (κ3) is 2.56. The van der Waals surface area contributed by atoms with Gasteiger partial charge in [-0.2, -0.15) is 0 Å². The third-order valence-corrected chi connectivity index (χ3v) is 4.08. The molecule has 1 aromatic rings. The lowest BCUT2D eigenvalue weighted by molar-refractivity contribution is -0.117. The zero-order valence-electron chi connectivity index (χ0n) is 10.7. The van der Waals surface area contributed by atoms with Gasteiger partial charge in [0.15, 0.2) is 0 Å². The first-order valence-corrected chi connectivity index (χ1v) is 6.93. The van der Waals surface area contributed by atoms with Crippen LogP contribution in [0.3, 0.4) is 0 Å². The van der Waals surface area contributed by atoms with Crippen LogP contribution < -0.4 is 10.6 Å². The fourth-order valence-electron chi connectivity index (χ4n) is 2.73. The molecule has 1 amide bonds. The molecule has 2 aliphatic rings. The van der Waals surface area contributed by atoms with Gasteiger partial charge in [0.05, 0.1) is 0 Å². The first kappa shape index (κ1) is 11.7. The normalized spacial score (nSPS) is 18.9. The lowest BCUT2D eigenvalue weighted by Gasteiger charge is -2.24. The first-order chi connectivity index (χ1) is 8.81. The van der Waals surface area contributed by atoms with Crippen LogP contribution in [0.1, 0.15) is 36.8 Å². The molecule has 0 saturated heterocycles. The van der Waals surface area contributed by atoms with Gasteiger partial charge in [0.1, 0.15) is 0 Å². The second kappa shape index (κ2) is 5.11. The molecule has 3 nitrogen and oxygen atoms in total. The SMILES string of the molecule is O=C(CC1CCC1)Nc1ccc2c(c1)CNCC2. The summed E-state index contributed by atoms with van der Waals surface area (Å²) in [5.41, 5.74) is 3.68. The molecule has 3 heteroatoms. The molecule has 0 radical (unpaired) electrons. The lowest BCUT2D eigenvalue weighted by Crippen LogP contribution is -2.24. The highest BCUT2D eigenvalue weighted by Crippen LogP contribution is 2.29. The van der Waals surface area contributed by atoms with Crippen LogP contribution in [-0.2, 0) is 17.8 Å². The summed E-state index contributed by atoms with van der Waals surface area (Å²) in [6.45, 7) is 1.97. The Morgan fingerprint density at radius 1 is 1.33 bits per heavy atom. The molecule has 0 bridgehead atoms. The fraction of sp³-hybridized carbons (Fsp3) is 0.533. The van der Waals surface area contributed by atoms with Crippen molar-refractivity contribution in [2.75, 3.05) is 11.9 Å². The van der Waals surface area contributed by atoms with Crippen molar-refractivity contribution in [1.29, 1.82) is 0 Å². The summed E-state index contributed by atoms with van der Waals surface area (Å²) < 4.78 is 0. The van der Waals surface area contributed by atoms with E-state index in [4.69, 9.17) is 0 Å². The quantitative estimate of drug-likeness (QED) is 0.857. The number of hydrogen-bond acceptors (Lipinski definition) is 2. The maximum atomic E-state index is 11.9. The van der Waals surface area contributed by atoms with E-state index in [1.807, 2.05) is 6.07 Å². The second-order valence-corrected chi connectivity index (χ2v) is 5.46. The molecular formula is C15H20N2O. The van der Waals surface area contributed by atoms with Gasteiger partial charge in [-0.15, -0.1) is 0 Å². The second-order valence-electron chi connectivity index (χ2n) is 5.46. The average Bonchev–Trinajstić information content (AvgIpc) is 2.34. The van der Waals surface area contributed by atoms with Gasteiger partial charge in [0.25, 0.3) is 0 Å². The summed E-state index contributed by atoms with van der Waals surface area (Å²) in [4.78, 5) is 11.9. The van der Waals surface area contributed by atoms with Crippen molar-refractivity contribution in [3.63, 3.8) is 0 Å². The van der Waals surface area contributed by atoms with Crippen LogP contribution in [-0.4, -0.2) is 12.5 Å². The van der Waals surface area contributed by atoms with Crippen molar-refractivity contribution >= 4 is 11.6 Å². The summed E-state index contributed by atoms with van der Waals surface area (Å²) in [7, 11) is 0. The molecule has 1 aliphatic carbocycles. The van der Waals surface area contributed by atoms with Crippen LogP contribution in [0.2, 0.25) is 0 Å². The molecule has 3 rings (SSSR count). The molecule has 1 aliphatic heterocycles. The topological polar surface area (TPSA) is 41.1 Å². The van der Waals surface area contributed by atoms with E-state index in [9.17, 15) is 4.79 Å². The summed E-state index contributed by atoms with van der Waals surface area (Å²) >= 11 is 0. The molecule has 2 N–H and O–H groups in total. The molecule has 0 spiro atoms. The molecule has 0 atom stereocenters. The van der Waals surface area contributed by atoms with Gasteiger partial charge in [0.2, 0.25) is 5.91 Å². The standard InChI is InChI=1S/C15H20N2O/c18-15(8-11-2-1-3-11)17-14-5-4-12-6-7-16-10-13(12)9-14/h4-5,9,11,16H,1-3,6-8,10H2,(H,17,18). The molecular weight excluding hydrogens is 224 g/mol. The maximum absolute atomic E-state index is 11.9. The average molecular weight is 244 g/mol. The number of rotatable bonds is 3. The Bertz CT molecular complexity index is 452. The van der Waals surface area contributed by atoms with Gasteiger partial charge in [-0.1, -0.05) is 12.5 Å². The van der Waals surface area contributed by atoms with Crippen molar-refractivity contribution in [2.45, 2.75) is 38.6 Å². The number of fused-ring (bicyclic) bond motifs is 1. The molecule has 0 aromatic heterocycles. The van der Waals surface area contributed by atoms with Crippen molar-refractivity contribution in [3.8, 4) is 0 Å². The predicted octanol–water partition coefficient (Wildman–Crippen LogP) is 2.46. The predicted molar refractivity (Wildman–Crippen MR) is 72.4 cm³/mol. The molecule has 0 unspecified atom stereocenters. The lowest BCUT2D eigenvalue weighted by atomic mass is 9.83. The molecule has 1 saturated carbocycles. The van der Waals surface area contributed by atoms with Crippen LogP contribution in [0.25, 0.3) is 0 Å². The van der Waals surface area contributed by atoms with E-state index in [2.05, 4.69) is 22.8 Å². The van der Waals surface area contributed by atoms with E-state index in [-0.39, 0.29) is 5.91 Å². The van der Waals surface area contributed by atoms with Gasteiger partial charge in [0, 0.05) is 18.7 Å². The Balaban J connectivity index is 1.63. The highest BCUT2D eigenvalue weighted by Gasteiger charge is 2.20. The van der Waals surface area contributed by atoms with Crippen LogP contribution in [0, 0.1) is 5.92 Å². The van der Waals surface area contributed by atoms with Crippen molar-refractivity contribution in [2.24, 2.45) is 5.92 Å². The van der Waals surface area contributed by atoms with E-state index in [0.717, 1.165) is 25.2 Å². The summed E-state index contributed by atoms with van der Waals surface area (Å²) in [5.74, 6) is 0.799. The summed E-state index contributed by atoms with van der Waals surface area (Å²) in [5, 5.41) is 6.38. The van der Waals surface area contributed by atoms with Gasteiger partial charge in [-0.05, 0) is 55.0 Å². The number of hydrogen-bond donors (Lipinski definition) is 2. The van der Waals surface area contributed by atoms with E-state index < -0.39 is 0 Å². The zero-order chi connectivity index (χ0) is 12.4.